The zero-order valence-electron chi connectivity index (χ0n) is 11.7. The number of ether oxygens (including phenoxy) is 1. The van der Waals surface area contributed by atoms with E-state index in [1.807, 2.05) is 0 Å². The minimum Gasteiger partial charge on any atom is -0.496 e. The second kappa shape index (κ2) is 7.22. The first-order valence-electron chi connectivity index (χ1n) is 6.34. The van der Waals surface area contributed by atoms with Crippen LogP contribution in [0.1, 0.15) is 16.5 Å². The average Bonchev–Trinajstić information content (AvgIpc) is 3.06. The molecule has 2 rings (SSSR count). The van der Waals surface area contributed by atoms with E-state index < -0.39 is 10.5 Å². The fourth-order valence-corrected chi connectivity index (χ4v) is 2.41. The molecule has 8 heteroatoms. The molecule has 22 heavy (non-hydrogen) atoms. The summed E-state index contributed by atoms with van der Waals surface area (Å²) < 4.78 is 5.35. The maximum absolute atomic E-state index is 12.5. The van der Waals surface area contributed by atoms with Crippen LogP contribution >= 0.6 is 34.8 Å². The summed E-state index contributed by atoms with van der Waals surface area (Å²) in [6.45, 7) is 0. The third kappa shape index (κ3) is 3.66. The SMILES string of the molecule is COc1ccccc1C(=O)NC(n1ccnc1)C(Cl)(Cl)CCl. The number of carbonyl (C=O) groups excluding carboxylic acids is 1. The van der Waals surface area contributed by atoms with Crippen LogP contribution in [0.15, 0.2) is 43.0 Å². The van der Waals surface area contributed by atoms with Crippen molar-refractivity contribution in [3.05, 3.63) is 48.5 Å². The molecule has 1 aromatic heterocycles. The van der Waals surface area contributed by atoms with Crippen LogP contribution in [0.3, 0.4) is 0 Å². The lowest BCUT2D eigenvalue weighted by molar-refractivity contribution is 0.0912. The van der Waals surface area contributed by atoms with Crippen molar-refractivity contribution in [1.29, 1.82) is 0 Å². The Morgan fingerprint density at radius 1 is 1.45 bits per heavy atom. The van der Waals surface area contributed by atoms with Crippen molar-refractivity contribution in [2.75, 3.05) is 13.0 Å². The number of para-hydroxylation sites is 1. The van der Waals surface area contributed by atoms with E-state index in [2.05, 4.69) is 10.3 Å². The number of imidazole rings is 1. The summed E-state index contributed by atoms with van der Waals surface area (Å²) in [5.41, 5.74) is 0.369. The van der Waals surface area contributed by atoms with Gasteiger partial charge in [-0.1, -0.05) is 35.3 Å². The van der Waals surface area contributed by atoms with Crippen LogP contribution in [0.25, 0.3) is 0 Å². The second-order valence-corrected chi connectivity index (χ2v) is 6.29. The number of nitrogens with one attached hydrogen (secondary N) is 1. The van der Waals surface area contributed by atoms with E-state index in [9.17, 15) is 4.79 Å². The van der Waals surface area contributed by atoms with Crippen LogP contribution in [0.5, 0.6) is 5.75 Å². The molecule has 0 fully saturated rings. The minimum absolute atomic E-state index is 0.0782. The first-order chi connectivity index (χ1) is 10.5. The Kier molecular flexibility index (Phi) is 5.56. The normalized spacial score (nSPS) is 12.7. The van der Waals surface area contributed by atoms with Crippen molar-refractivity contribution in [2.45, 2.75) is 10.5 Å². The van der Waals surface area contributed by atoms with Crippen molar-refractivity contribution < 1.29 is 9.53 Å². The monoisotopic (exact) mass is 361 g/mol. The molecule has 1 atom stereocenters. The number of halogens is 3. The summed E-state index contributed by atoms with van der Waals surface area (Å²) in [4.78, 5) is 16.4. The van der Waals surface area contributed by atoms with E-state index in [-0.39, 0.29) is 11.8 Å². The van der Waals surface area contributed by atoms with Gasteiger partial charge in [0.2, 0.25) is 0 Å². The Morgan fingerprint density at radius 2 is 2.18 bits per heavy atom. The van der Waals surface area contributed by atoms with Crippen LogP contribution in [0, 0.1) is 0 Å². The van der Waals surface area contributed by atoms with E-state index in [0.717, 1.165) is 0 Å². The lowest BCUT2D eigenvalue weighted by atomic mass is 10.2. The highest BCUT2D eigenvalue weighted by atomic mass is 35.5. The maximum Gasteiger partial charge on any atom is 0.256 e. The number of benzene rings is 1. The van der Waals surface area contributed by atoms with Gasteiger partial charge in [-0.25, -0.2) is 4.98 Å². The molecule has 0 aliphatic heterocycles. The van der Waals surface area contributed by atoms with Crippen LogP contribution in [0.2, 0.25) is 0 Å². The van der Waals surface area contributed by atoms with Crippen molar-refractivity contribution in [2.24, 2.45) is 0 Å². The van der Waals surface area contributed by atoms with Crippen LogP contribution in [0.4, 0.5) is 0 Å². The zero-order valence-corrected chi connectivity index (χ0v) is 13.9. The topological polar surface area (TPSA) is 56.1 Å². The van der Waals surface area contributed by atoms with Gasteiger partial charge in [0, 0.05) is 12.4 Å². The Hall–Kier alpha value is -1.43. The van der Waals surface area contributed by atoms with Crippen LogP contribution in [-0.4, -0.2) is 32.8 Å². The van der Waals surface area contributed by atoms with E-state index >= 15 is 0 Å². The molecule has 1 aromatic carbocycles. The van der Waals surface area contributed by atoms with Gasteiger partial charge in [-0.15, -0.1) is 11.6 Å². The van der Waals surface area contributed by atoms with Gasteiger partial charge in [0.1, 0.15) is 11.9 Å². The first kappa shape index (κ1) is 16.9. The van der Waals surface area contributed by atoms with E-state index in [1.165, 1.54) is 13.4 Å². The van der Waals surface area contributed by atoms with Gasteiger partial charge in [0.05, 0.1) is 24.9 Å². The molecule has 1 amide bonds. The number of hydrogen-bond donors (Lipinski definition) is 1. The fourth-order valence-electron chi connectivity index (χ4n) is 1.93. The third-order valence-corrected chi connectivity index (χ3v) is 4.40. The highest BCUT2D eigenvalue weighted by molar-refractivity contribution is 6.51. The predicted molar refractivity (Wildman–Crippen MR) is 86.9 cm³/mol. The second-order valence-electron chi connectivity index (χ2n) is 4.48. The predicted octanol–water partition coefficient (Wildman–Crippen LogP) is 3.23. The molecule has 5 nitrogen and oxygen atoms in total. The summed E-state index contributed by atoms with van der Waals surface area (Å²) >= 11 is 18.3. The van der Waals surface area contributed by atoms with Gasteiger partial charge in [0.25, 0.3) is 5.91 Å². The number of methoxy groups -OCH3 is 1. The molecule has 0 aliphatic carbocycles. The summed E-state index contributed by atoms with van der Waals surface area (Å²) in [6, 6.07) is 6.84. The van der Waals surface area contributed by atoms with Crippen molar-refractivity contribution in [3.8, 4) is 5.75 Å². The van der Waals surface area contributed by atoms with Crippen LogP contribution < -0.4 is 10.1 Å². The number of hydrogen-bond acceptors (Lipinski definition) is 3. The molecule has 1 unspecified atom stereocenters. The van der Waals surface area contributed by atoms with Crippen molar-refractivity contribution in [3.63, 3.8) is 0 Å². The summed E-state index contributed by atoms with van der Waals surface area (Å²) in [5.74, 6) is -0.0116. The van der Waals surface area contributed by atoms with Gasteiger partial charge in [-0.05, 0) is 12.1 Å². The van der Waals surface area contributed by atoms with Gasteiger partial charge in [-0.2, -0.15) is 0 Å². The number of aromatic nitrogens is 2. The summed E-state index contributed by atoms with van der Waals surface area (Å²) in [5, 5.41) is 2.76. The smallest absolute Gasteiger partial charge is 0.256 e. The van der Waals surface area contributed by atoms with Gasteiger partial charge < -0.3 is 14.6 Å². The Bertz CT molecular complexity index is 632. The molecule has 0 saturated carbocycles. The molecule has 0 bridgehead atoms. The Labute approximate surface area is 143 Å². The first-order valence-corrected chi connectivity index (χ1v) is 7.63. The Morgan fingerprint density at radius 3 is 2.77 bits per heavy atom. The number of nitrogens with zero attached hydrogens (tertiary/aromatic N) is 2. The molecule has 1 N–H and O–H groups in total. The van der Waals surface area contributed by atoms with E-state index in [1.54, 1.807) is 41.2 Å². The molecular formula is C14H14Cl3N3O2. The third-order valence-electron chi connectivity index (χ3n) is 3.02. The fraction of sp³-hybridized carbons (Fsp3) is 0.286. The maximum atomic E-state index is 12.5. The van der Waals surface area contributed by atoms with E-state index in [0.29, 0.717) is 11.3 Å². The van der Waals surface area contributed by atoms with Crippen LogP contribution in [-0.2, 0) is 0 Å². The molecule has 0 spiro atoms. The van der Waals surface area contributed by atoms with Crippen molar-refractivity contribution >= 4 is 40.7 Å². The number of carbonyl (C=O) groups is 1. The average molecular weight is 363 g/mol. The largest absolute Gasteiger partial charge is 0.496 e. The Balaban J connectivity index is 2.29. The molecule has 0 radical (unpaired) electrons. The number of rotatable bonds is 6. The number of alkyl halides is 3. The lowest BCUT2D eigenvalue weighted by Crippen LogP contribution is -2.43. The summed E-state index contributed by atoms with van der Waals surface area (Å²) in [7, 11) is 1.49. The number of amides is 1. The summed E-state index contributed by atoms with van der Waals surface area (Å²) in [6.07, 6.45) is 3.91. The minimum atomic E-state index is -1.40. The van der Waals surface area contributed by atoms with Gasteiger partial charge in [-0.3, -0.25) is 4.79 Å². The van der Waals surface area contributed by atoms with E-state index in [4.69, 9.17) is 39.5 Å². The highest BCUT2D eigenvalue weighted by Gasteiger charge is 2.37. The standard InChI is InChI=1S/C14H14Cl3N3O2/c1-22-11-5-3-2-4-10(11)12(21)19-13(14(16,17)8-15)20-7-6-18-9-20/h2-7,9,13H,8H2,1H3,(H,19,21). The van der Waals surface area contributed by atoms with Gasteiger partial charge >= 0.3 is 0 Å². The van der Waals surface area contributed by atoms with Gasteiger partial charge in [0.15, 0.2) is 4.33 Å². The molecule has 1 heterocycles. The molecular weight excluding hydrogens is 349 g/mol. The molecule has 0 aliphatic rings. The highest BCUT2D eigenvalue weighted by Crippen LogP contribution is 2.34. The quantitative estimate of drug-likeness (QED) is 0.803. The molecule has 2 aromatic rings. The molecule has 118 valence electrons. The zero-order chi connectivity index (χ0) is 16.2. The molecule has 0 saturated heterocycles. The lowest BCUT2D eigenvalue weighted by Gasteiger charge is -2.30. The van der Waals surface area contributed by atoms with Crippen molar-refractivity contribution in [1.82, 2.24) is 14.9 Å².